The van der Waals surface area contributed by atoms with E-state index in [9.17, 15) is 9.59 Å². The summed E-state index contributed by atoms with van der Waals surface area (Å²) in [5.74, 6) is -0.341. The van der Waals surface area contributed by atoms with Crippen LogP contribution < -0.4 is 10.2 Å². The maximum atomic E-state index is 11.7. The predicted molar refractivity (Wildman–Crippen MR) is 99.7 cm³/mol. The minimum Gasteiger partial charge on any atom is -0.484 e. The third-order valence-electron chi connectivity index (χ3n) is 3.20. The fourth-order valence-corrected chi connectivity index (χ4v) is 2.08. The van der Waals surface area contributed by atoms with Crippen molar-refractivity contribution in [1.29, 1.82) is 0 Å². The molecule has 0 aliphatic carbocycles. The summed E-state index contributed by atoms with van der Waals surface area (Å²) < 4.78 is 10.4. The number of halogens is 1. The zero-order valence-corrected chi connectivity index (χ0v) is 15.0. The van der Waals surface area contributed by atoms with Gasteiger partial charge in [-0.25, -0.2) is 10.2 Å². The average Bonchev–Trinajstić information content (AvgIpc) is 2.66. The van der Waals surface area contributed by atoms with Crippen molar-refractivity contribution >= 4 is 29.7 Å². The highest BCUT2D eigenvalue weighted by molar-refractivity contribution is 6.33. The van der Waals surface area contributed by atoms with Gasteiger partial charge in [0.2, 0.25) is 0 Å². The van der Waals surface area contributed by atoms with E-state index in [0.29, 0.717) is 28.5 Å². The fourth-order valence-electron chi connectivity index (χ4n) is 1.90. The molecule has 0 aliphatic rings. The molecular weight excluding hydrogens is 356 g/mol. The molecular formula is C19H19ClN2O4. The monoisotopic (exact) mass is 374 g/mol. The molecule has 0 fully saturated rings. The summed E-state index contributed by atoms with van der Waals surface area (Å²) in [5.41, 5.74) is 3.48. The van der Waals surface area contributed by atoms with Crippen molar-refractivity contribution in [2.45, 2.75) is 13.3 Å². The van der Waals surface area contributed by atoms with Crippen molar-refractivity contribution in [1.82, 2.24) is 5.43 Å². The molecule has 0 spiro atoms. The minimum atomic E-state index is -0.417. The van der Waals surface area contributed by atoms with Gasteiger partial charge in [-0.3, -0.25) is 4.79 Å². The summed E-state index contributed by atoms with van der Waals surface area (Å²) in [6.45, 7) is 2.10. The molecule has 0 aliphatic heterocycles. The maximum absolute atomic E-state index is 11.7. The van der Waals surface area contributed by atoms with Crippen molar-refractivity contribution in [3.8, 4) is 5.75 Å². The van der Waals surface area contributed by atoms with Gasteiger partial charge in [0, 0.05) is 10.6 Å². The lowest BCUT2D eigenvalue weighted by Crippen LogP contribution is -2.24. The van der Waals surface area contributed by atoms with Crippen LogP contribution in [0.4, 0.5) is 0 Å². The Morgan fingerprint density at radius 3 is 2.58 bits per heavy atom. The van der Waals surface area contributed by atoms with E-state index in [4.69, 9.17) is 21.1 Å². The maximum Gasteiger partial charge on any atom is 0.338 e. The molecule has 26 heavy (non-hydrogen) atoms. The second kappa shape index (κ2) is 10.2. The van der Waals surface area contributed by atoms with Gasteiger partial charge in [-0.2, -0.15) is 5.10 Å². The van der Waals surface area contributed by atoms with E-state index in [-0.39, 0.29) is 12.6 Å². The number of carbonyl (C=O) groups excluding carboxylic acids is 2. The van der Waals surface area contributed by atoms with E-state index in [1.165, 1.54) is 6.21 Å². The lowest BCUT2D eigenvalue weighted by atomic mass is 10.2. The molecule has 6 nitrogen and oxygen atoms in total. The van der Waals surface area contributed by atoms with E-state index < -0.39 is 5.91 Å². The van der Waals surface area contributed by atoms with Crippen molar-refractivity contribution in [2.24, 2.45) is 5.10 Å². The molecule has 7 heteroatoms. The molecule has 136 valence electrons. The van der Waals surface area contributed by atoms with E-state index in [1.807, 2.05) is 13.0 Å². The zero-order chi connectivity index (χ0) is 18.8. The number of hydrogen-bond donors (Lipinski definition) is 1. The first-order valence-corrected chi connectivity index (χ1v) is 8.44. The highest BCUT2D eigenvalue weighted by Crippen LogP contribution is 2.13. The lowest BCUT2D eigenvalue weighted by Gasteiger charge is -2.06. The first-order valence-electron chi connectivity index (χ1n) is 8.06. The number of hydrogen-bond acceptors (Lipinski definition) is 5. The molecule has 0 radical (unpaired) electrons. The summed E-state index contributed by atoms with van der Waals surface area (Å²) in [4.78, 5) is 23.4. The Hall–Kier alpha value is -2.86. The molecule has 0 atom stereocenters. The Labute approximate surface area is 156 Å². The van der Waals surface area contributed by atoms with Crippen molar-refractivity contribution in [3.05, 3.63) is 64.7 Å². The molecule has 2 aromatic carbocycles. The van der Waals surface area contributed by atoms with Crippen LogP contribution in [0.5, 0.6) is 5.75 Å². The Morgan fingerprint density at radius 1 is 1.15 bits per heavy atom. The quantitative estimate of drug-likeness (QED) is 0.436. The molecule has 0 heterocycles. The van der Waals surface area contributed by atoms with Crippen LogP contribution >= 0.6 is 11.6 Å². The second-order valence-corrected chi connectivity index (χ2v) is 5.67. The van der Waals surface area contributed by atoms with E-state index in [1.54, 1.807) is 42.5 Å². The number of hydrazone groups is 1. The molecule has 0 unspecified atom stereocenters. The van der Waals surface area contributed by atoms with Crippen LogP contribution in [0.2, 0.25) is 5.02 Å². The predicted octanol–water partition coefficient (Wildman–Crippen LogP) is 3.44. The smallest absolute Gasteiger partial charge is 0.338 e. The topological polar surface area (TPSA) is 77.0 Å². The molecule has 1 N–H and O–H groups in total. The van der Waals surface area contributed by atoms with Crippen LogP contribution in [-0.2, 0) is 9.53 Å². The highest BCUT2D eigenvalue weighted by atomic mass is 35.5. The SMILES string of the molecule is CCCOC(=O)c1ccc(OCC(=O)N/N=C/c2ccccc2Cl)cc1. The van der Waals surface area contributed by atoms with E-state index in [2.05, 4.69) is 10.5 Å². The number of rotatable bonds is 8. The van der Waals surface area contributed by atoms with Crippen LogP contribution in [-0.4, -0.2) is 31.3 Å². The van der Waals surface area contributed by atoms with Gasteiger partial charge in [0.25, 0.3) is 5.91 Å². The van der Waals surface area contributed by atoms with Crippen LogP contribution in [0.1, 0.15) is 29.3 Å². The first kappa shape index (κ1) is 19.5. The van der Waals surface area contributed by atoms with Crippen LogP contribution in [0.3, 0.4) is 0 Å². The van der Waals surface area contributed by atoms with Gasteiger partial charge in [0.15, 0.2) is 6.61 Å². The number of amides is 1. The Bertz CT molecular complexity index is 775. The summed E-state index contributed by atoms with van der Waals surface area (Å²) in [7, 11) is 0. The van der Waals surface area contributed by atoms with Gasteiger partial charge < -0.3 is 9.47 Å². The number of carbonyl (C=O) groups is 2. The van der Waals surface area contributed by atoms with Crippen LogP contribution in [0, 0.1) is 0 Å². The second-order valence-electron chi connectivity index (χ2n) is 5.26. The van der Waals surface area contributed by atoms with Crippen LogP contribution in [0.25, 0.3) is 0 Å². The molecule has 0 aromatic heterocycles. The molecule has 0 saturated heterocycles. The zero-order valence-electron chi connectivity index (χ0n) is 14.3. The number of nitrogens with one attached hydrogen (secondary N) is 1. The third kappa shape index (κ3) is 6.22. The van der Waals surface area contributed by atoms with Gasteiger partial charge in [-0.05, 0) is 36.8 Å². The van der Waals surface area contributed by atoms with Gasteiger partial charge in [-0.1, -0.05) is 36.7 Å². The summed E-state index contributed by atoms with van der Waals surface area (Å²) in [6.07, 6.45) is 2.22. The largest absolute Gasteiger partial charge is 0.484 e. The third-order valence-corrected chi connectivity index (χ3v) is 3.54. The number of nitrogens with zero attached hydrogens (tertiary/aromatic N) is 1. The van der Waals surface area contributed by atoms with E-state index in [0.717, 1.165) is 6.42 Å². The Kier molecular flexibility index (Phi) is 7.64. The fraction of sp³-hybridized carbons (Fsp3) is 0.211. The first-order chi connectivity index (χ1) is 12.6. The summed E-state index contributed by atoms with van der Waals surface area (Å²) in [5, 5.41) is 4.37. The van der Waals surface area contributed by atoms with Crippen molar-refractivity contribution < 1.29 is 19.1 Å². The highest BCUT2D eigenvalue weighted by Gasteiger charge is 2.07. The van der Waals surface area contributed by atoms with Crippen LogP contribution in [0.15, 0.2) is 53.6 Å². The molecule has 2 rings (SSSR count). The number of esters is 1. The van der Waals surface area contributed by atoms with E-state index >= 15 is 0 Å². The lowest BCUT2D eigenvalue weighted by molar-refractivity contribution is -0.123. The Balaban J connectivity index is 1.78. The van der Waals surface area contributed by atoms with Gasteiger partial charge in [0.05, 0.1) is 18.4 Å². The summed E-state index contributed by atoms with van der Waals surface area (Å²) in [6, 6.07) is 13.5. The number of benzene rings is 2. The normalized spacial score (nSPS) is 10.5. The number of ether oxygens (including phenoxy) is 2. The van der Waals surface area contributed by atoms with Crippen molar-refractivity contribution in [2.75, 3.05) is 13.2 Å². The molecule has 0 saturated carbocycles. The summed E-state index contributed by atoms with van der Waals surface area (Å²) >= 11 is 5.98. The molecule has 2 aromatic rings. The molecule has 0 bridgehead atoms. The standard InChI is InChI=1S/C19H19ClN2O4/c1-2-11-25-19(24)14-7-9-16(10-8-14)26-13-18(23)22-21-12-15-5-3-4-6-17(15)20/h3-10,12H,2,11,13H2,1H3,(H,22,23)/b21-12+. The average molecular weight is 375 g/mol. The Morgan fingerprint density at radius 2 is 1.88 bits per heavy atom. The van der Waals surface area contributed by atoms with Gasteiger partial charge in [-0.15, -0.1) is 0 Å². The van der Waals surface area contributed by atoms with Gasteiger partial charge >= 0.3 is 5.97 Å². The van der Waals surface area contributed by atoms with Crippen molar-refractivity contribution in [3.63, 3.8) is 0 Å². The van der Waals surface area contributed by atoms with Gasteiger partial charge in [0.1, 0.15) is 5.75 Å². The molecule has 1 amide bonds. The minimum absolute atomic E-state index is 0.209.